The summed E-state index contributed by atoms with van der Waals surface area (Å²) in [6.45, 7) is 4.43. The number of aryl methyl sites for hydroxylation is 1. The molecule has 0 spiro atoms. The molecule has 0 radical (unpaired) electrons. The number of aromatic nitrogens is 3. The van der Waals surface area contributed by atoms with Crippen molar-refractivity contribution >= 4 is 11.0 Å². The highest BCUT2D eigenvalue weighted by Gasteiger charge is 2.24. The van der Waals surface area contributed by atoms with Gasteiger partial charge in [0.1, 0.15) is 12.2 Å². The van der Waals surface area contributed by atoms with Crippen LogP contribution < -0.4 is 10.3 Å². The van der Waals surface area contributed by atoms with E-state index in [1.807, 2.05) is 25.3 Å². The maximum atomic E-state index is 12.0. The number of pyridine rings is 3. The van der Waals surface area contributed by atoms with Crippen LogP contribution in [0.5, 0.6) is 5.88 Å². The van der Waals surface area contributed by atoms with Crippen molar-refractivity contribution in [1.29, 1.82) is 5.26 Å². The van der Waals surface area contributed by atoms with Crippen molar-refractivity contribution in [2.45, 2.75) is 32.4 Å². The monoisotopic (exact) mass is 375 g/mol. The number of aromatic amines is 1. The summed E-state index contributed by atoms with van der Waals surface area (Å²) < 4.78 is 5.93. The molecule has 0 amide bonds. The molecule has 7 heteroatoms. The van der Waals surface area contributed by atoms with Gasteiger partial charge < -0.3 is 9.72 Å². The first-order valence-electron chi connectivity index (χ1n) is 9.40. The molecule has 4 rings (SSSR count). The van der Waals surface area contributed by atoms with Crippen LogP contribution in [-0.2, 0) is 13.0 Å². The lowest BCUT2D eigenvalue weighted by Crippen LogP contribution is -2.25. The zero-order valence-corrected chi connectivity index (χ0v) is 15.7. The second-order valence-electron chi connectivity index (χ2n) is 7.01. The number of hydrogen-bond acceptors (Lipinski definition) is 6. The molecule has 1 aliphatic heterocycles. The molecule has 4 heterocycles. The lowest BCUT2D eigenvalue weighted by Gasteiger charge is -2.16. The Morgan fingerprint density at radius 2 is 2.21 bits per heavy atom. The summed E-state index contributed by atoms with van der Waals surface area (Å²) in [6.07, 6.45) is 5.07. The topological polar surface area (TPSA) is 94.9 Å². The first-order chi connectivity index (χ1) is 13.6. The molecule has 0 aromatic carbocycles. The van der Waals surface area contributed by atoms with Gasteiger partial charge in [-0.05, 0) is 36.6 Å². The third-order valence-corrected chi connectivity index (χ3v) is 5.00. The van der Waals surface area contributed by atoms with Crippen molar-refractivity contribution < 1.29 is 4.74 Å². The van der Waals surface area contributed by atoms with E-state index in [1.165, 1.54) is 6.20 Å². The average Bonchev–Trinajstić information content (AvgIpc) is 3.14. The number of H-pyrrole nitrogens is 1. The van der Waals surface area contributed by atoms with E-state index in [4.69, 9.17) is 10.00 Å². The molecule has 28 heavy (non-hydrogen) atoms. The van der Waals surface area contributed by atoms with Gasteiger partial charge in [0.05, 0.1) is 16.6 Å². The SMILES string of the molecule is CCc1cc2ncc(CN3CC[C@@H](Oc4ccc(C#N)cn4)C3)cc2[nH]c1=O. The third-order valence-electron chi connectivity index (χ3n) is 5.00. The fourth-order valence-electron chi connectivity index (χ4n) is 3.50. The Kier molecular flexibility index (Phi) is 5.04. The number of nitrogens with one attached hydrogen (secondary N) is 1. The highest BCUT2D eigenvalue weighted by Crippen LogP contribution is 2.19. The van der Waals surface area contributed by atoms with Gasteiger partial charge in [-0.1, -0.05) is 6.92 Å². The molecule has 1 atom stereocenters. The molecule has 0 unspecified atom stereocenters. The van der Waals surface area contributed by atoms with E-state index in [-0.39, 0.29) is 11.7 Å². The lowest BCUT2D eigenvalue weighted by molar-refractivity contribution is 0.191. The summed E-state index contributed by atoms with van der Waals surface area (Å²) >= 11 is 0. The van der Waals surface area contributed by atoms with E-state index in [9.17, 15) is 4.79 Å². The zero-order chi connectivity index (χ0) is 19.5. The Hall–Kier alpha value is -3.24. The van der Waals surface area contributed by atoms with Crippen molar-refractivity contribution in [1.82, 2.24) is 19.9 Å². The van der Waals surface area contributed by atoms with Crippen LogP contribution in [0.3, 0.4) is 0 Å². The van der Waals surface area contributed by atoms with Gasteiger partial charge in [0.25, 0.3) is 5.56 Å². The Morgan fingerprint density at radius 3 is 2.96 bits per heavy atom. The summed E-state index contributed by atoms with van der Waals surface area (Å²) in [5.41, 5.74) is 3.88. The van der Waals surface area contributed by atoms with Crippen molar-refractivity contribution in [3.05, 3.63) is 63.7 Å². The van der Waals surface area contributed by atoms with Crippen LogP contribution in [0.1, 0.15) is 30.0 Å². The second kappa shape index (κ2) is 7.79. The number of hydrogen-bond donors (Lipinski definition) is 1. The van der Waals surface area contributed by atoms with Gasteiger partial charge in [-0.3, -0.25) is 14.7 Å². The third kappa shape index (κ3) is 3.87. The van der Waals surface area contributed by atoms with Gasteiger partial charge in [0.2, 0.25) is 5.88 Å². The van der Waals surface area contributed by atoms with Crippen LogP contribution in [0.4, 0.5) is 0 Å². The fraction of sp³-hybridized carbons (Fsp3) is 0.333. The van der Waals surface area contributed by atoms with Gasteiger partial charge in [-0.25, -0.2) is 4.98 Å². The maximum Gasteiger partial charge on any atom is 0.251 e. The molecule has 1 aliphatic rings. The molecule has 0 saturated carbocycles. The molecule has 1 N–H and O–H groups in total. The smallest absolute Gasteiger partial charge is 0.251 e. The summed E-state index contributed by atoms with van der Waals surface area (Å²) in [6, 6.07) is 9.35. The quantitative estimate of drug-likeness (QED) is 0.736. The van der Waals surface area contributed by atoms with Crippen molar-refractivity contribution in [2.75, 3.05) is 13.1 Å². The Labute approximate surface area is 162 Å². The number of nitriles is 1. The standard InChI is InChI=1S/C21H21N5O2/c1-2-16-8-18-19(25-21(16)27)7-15(11-23-18)12-26-6-5-17(13-26)28-20-4-3-14(9-22)10-24-20/h3-4,7-8,10-11,17H,2,5-6,12-13H2,1H3,(H,25,27)/t17-/m1/s1. The average molecular weight is 375 g/mol. The molecule has 1 fully saturated rings. The maximum absolute atomic E-state index is 12.0. The minimum atomic E-state index is -0.0431. The highest BCUT2D eigenvalue weighted by molar-refractivity contribution is 5.74. The summed E-state index contributed by atoms with van der Waals surface area (Å²) in [5, 5.41) is 8.83. The van der Waals surface area contributed by atoms with Gasteiger partial charge >= 0.3 is 0 Å². The van der Waals surface area contributed by atoms with E-state index in [1.54, 1.807) is 12.1 Å². The van der Waals surface area contributed by atoms with Crippen LogP contribution in [0, 0.1) is 11.3 Å². The molecule has 0 bridgehead atoms. The van der Waals surface area contributed by atoms with E-state index in [0.717, 1.165) is 48.2 Å². The lowest BCUT2D eigenvalue weighted by atomic mass is 10.1. The highest BCUT2D eigenvalue weighted by atomic mass is 16.5. The van der Waals surface area contributed by atoms with E-state index in [2.05, 4.69) is 25.9 Å². The fourth-order valence-corrected chi connectivity index (χ4v) is 3.50. The van der Waals surface area contributed by atoms with Crippen molar-refractivity contribution in [2.24, 2.45) is 0 Å². The van der Waals surface area contributed by atoms with E-state index < -0.39 is 0 Å². The Balaban J connectivity index is 1.40. The molecule has 142 valence electrons. The molecule has 7 nitrogen and oxygen atoms in total. The van der Waals surface area contributed by atoms with Crippen LogP contribution in [-0.4, -0.2) is 39.0 Å². The minimum Gasteiger partial charge on any atom is -0.473 e. The second-order valence-corrected chi connectivity index (χ2v) is 7.01. The summed E-state index contributed by atoms with van der Waals surface area (Å²) in [7, 11) is 0. The van der Waals surface area contributed by atoms with Crippen LogP contribution in [0.15, 0.2) is 41.5 Å². The molecular formula is C21H21N5O2. The molecule has 3 aromatic heterocycles. The van der Waals surface area contributed by atoms with E-state index in [0.29, 0.717) is 17.9 Å². The molecule has 1 saturated heterocycles. The van der Waals surface area contributed by atoms with Gasteiger partial charge in [0.15, 0.2) is 0 Å². The molecular weight excluding hydrogens is 354 g/mol. The molecule has 0 aliphatic carbocycles. The Morgan fingerprint density at radius 1 is 1.32 bits per heavy atom. The van der Waals surface area contributed by atoms with Crippen LogP contribution in [0.2, 0.25) is 0 Å². The first kappa shape index (κ1) is 18.1. The normalized spacial score (nSPS) is 16.9. The minimum absolute atomic E-state index is 0.0431. The van der Waals surface area contributed by atoms with Crippen LogP contribution in [0.25, 0.3) is 11.0 Å². The van der Waals surface area contributed by atoms with E-state index >= 15 is 0 Å². The largest absolute Gasteiger partial charge is 0.473 e. The molecule has 3 aromatic rings. The Bertz CT molecular complexity index is 1080. The summed E-state index contributed by atoms with van der Waals surface area (Å²) in [5.74, 6) is 0.544. The number of rotatable bonds is 5. The predicted molar refractivity (Wildman–Crippen MR) is 105 cm³/mol. The number of likely N-dealkylation sites (tertiary alicyclic amines) is 1. The number of ether oxygens (including phenoxy) is 1. The van der Waals surface area contributed by atoms with Gasteiger partial charge in [-0.2, -0.15) is 5.26 Å². The predicted octanol–water partition coefficient (Wildman–Crippen LogP) is 2.41. The zero-order valence-electron chi connectivity index (χ0n) is 15.7. The van der Waals surface area contributed by atoms with Crippen molar-refractivity contribution in [3.8, 4) is 11.9 Å². The van der Waals surface area contributed by atoms with Gasteiger partial charge in [-0.15, -0.1) is 0 Å². The number of nitrogens with zero attached hydrogens (tertiary/aromatic N) is 4. The van der Waals surface area contributed by atoms with Gasteiger partial charge in [0, 0.05) is 43.7 Å². The number of fused-ring (bicyclic) bond motifs is 1. The van der Waals surface area contributed by atoms with Crippen molar-refractivity contribution in [3.63, 3.8) is 0 Å². The first-order valence-corrected chi connectivity index (χ1v) is 9.40. The summed E-state index contributed by atoms with van der Waals surface area (Å²) in [4.78, 5) is 26.0. The van der Waals surface area contributed by atoms with Crippen LogP contribution >= 0.6 is 0 Å².